The minimum atomic E-state index is 0.136. The second-order valence-electron chi connectivity index (χ2n) is 16.9. The highest BCUT2D eigenvalue weighted by Gasteiger charge is 2.38. The number of anilines is 3. The molecular weight excluding hydrogens is 717 g/mol. The van der Waals surface area contributed by atoms with Gasteiger partial charge in [-0.2, -0.15) is 0 Å². The minimum Gasteiger partial charge on any atom is -0.360 e. The molecule has 0 spiro atoms. The predicted molar refractivity (Wildman–Crippen MR) is 249 cm³/mol. The smallest absolute Gasteiger partial charge is 0.122 e. The second-order valence-corrected chi connectivity index (χ2v) is 16.9. The van der Waals surface area contributed by atoms with Crippen molar-refractivity contribution in [3.63, 3.8) is 0 Å². The maximum absolute atomic E-state index is 3.98. The molecule has 3 heterocycles. The van der Waals surface area contributed by atoms with Crippen molar-refractivity contribution in [1.82, 2.24) is 4.57 Å². The van der Waals surface area contributed by atoms with Crippen LogP contribution in [-0.4, -0.2) is 16.8 Å². The average Bonchev–Trinajstić information content (AvgIpc) is 3.83. The lowest BCUT2D eigenvalue weighted by molar-refractivity contribution is 0.639. The molecular formula is C55H48N4. The van der Waals surface area contributed by atoms with Crippen LogP contribution in [0.3, 0.4) is 0 Å². The number of benzene rings is 4. The summed E-state index contributed by atoms with van der Waals surface area (Å²) < 4.78 is 2.62. The van der Waals surface area contributed by atoms with Gasteiger partial charge in [-0.15, -0.1) is 0 Å². The van der Waals surface area contributed by atoms with Crippen LogP contribution in [-0.2, 0) is 0 Å². The third-order valence-electron chi connectivity index (χ3n) is 13.6. The van der Waals surface area contributed by atoms with Gasteiger partial charge >= 0.3 is 0 Å². The zero-order valence-corrected chi connectivity index (χ0v) is 33.4. The van der Waals surface area contributed by atoms with Crippen LogP contribution in [0.4, 0.5) is 17.1 Å². The van der Waals surface area contributed by atoms with E-state index in [-0.39, 0.29) is 12.2 Å². The third kappa shape index (κ3) is 5.57. The van der Waals surface area contributed by atoms with E-state index in [1.54, 1.807) is 0 Å². The summed E-state index contributed by atoms with van der Waals surface area (Å²) in [5.74, 6) is 0.338. The quantitative estimate of drug-likeness (QED) is 0.193. The minimum absolute atomic E-state index is 0.136. The summed E-state index contributed by atoms with van der Waals surface area (Å²) in [6.07, 6.45) is 41.3. The molecule has 2 aliphatic heterocycles. The Labute approximate surface area is 347 Å². The number of nitrogens with zero attached hydrogens (tertiary/aromatic N) is 3. The molecule has 0 saturated carbocycles. The highest BCUT2D eigenvalue weighted by Crippen LogP contribution is 2.52. The summed E-state index contributed by atoms with van der Waals surface area (Å²) in [7, 11) is 0. The average molecular weight is 765 g/mol. The lowest BCUT2D eigenvalue weighted by Gasteiger charge is -2.36. The number of para-hydroxylation sites is 1. The molecule has 4 aromatic carbocycles. The first kappa shape index (κ1) is 34.5. The maximum atomic E-state index is 3.98. The van der Waals surface area contributed by atoms with E-state index in [4.69, 9.17) is 0 Å². The molecule has 288 valence electrons. The van der Waals surface area contributed by atoms with Crippen LogP contribution in [0.25, 0.3) is 38.5 Å². The van der Waals surface area contributed by atoms with Gasteiger partial charge in [0, 0.05) is 39.5 Å². The molecule has 5 aliphatic carbocycles. The summed E-state index contributed by atoms with van der Waals surface area (Å²) in [6.45, 7) is 0. The van der Waals surface area contributed by atoms with Crippen LogP contribution in [0.15, 0.2) is 187 Å². The molecule has 3 unspecified atom stereocenters. The summed E-state index contributed by atoms with van der Waals surface area (Å²) in [4.78, 5) is 5.27. The van der Waals surface area contributed by atoms with E-state index in [1.165, 1.54) is 89.4 Å². The molecule has 7 aliphatic rings. The Hall–Kier alpha value is -6.52. The molecule has 1 N–H and O–H groups in total. The Morgan fingerprint density at radius 1 is 0.644 bits per heavy atom. The highest BCUT2D eigenvalue weighted by molar-refractivity contribution is 6.06. The Kier molecular flexibility index (Phi) is 8.24. The molecule has 12 rings (SSSR count). The molecule has 0 fully saturated rings. The van der Waals surface area contributed by atoms with Crippen LogP contribution >= 0.6 is 0 Å². The van der Waals surface area contributed by atoms with Crippen molar-refractivity contribution in [3.8, 4) is 0 Å². The van der Waals surface area contributed by atoms with Crippen LogP contribution in [0.5, 0.6) is 0 Å². The van der Waals surface area contributed by atoms with Crippen LogP contribution in [0.2, 0.25) is 0 Å². The van der Waals surface area contributed by atoms with Crippen molar-refractivity contribution in [2.45, 2.75) is 69.5 Å². The van der Waals surface area contributed by atoms with Crippen molar-refractivity contribution < 1.29 is 0 Å². The summed E-state index contributed by atoms with van der Waals surface area (Å²) in [5.41, 5.74) is 17.4. The summed E-state index contributed by atoms with van der Waals surface area (Å²) in [6, 6.07) is 32.2. The van der Waals surface area contributed by atoms with Crippen LogP contribution in [0.1, 0.15) is 74.1 Å². The zero-order valence-electron chi connectivity index (χ0n) is 33.4. The van der Waals surface area contributed by atoms with Gasteiger partial charge in [0.05, 0.1) is 34.3 Å². The number of fused-ring (bicyclic) bond motifs is 7. The number of nitrogens with one attached hydrogen (secondary N) is 1. The first-order chi connectivity index (χ1) is 29.3. The molecule has 5 aromatic rings. The fourth-order valence-corrected chi connectivity index (χ4v) is 10.9. The first-order valence-electron chi connectivity index (χ1n) is 21.8. The third-order valence-corrected chi connectivity index (χ3v) is 13.6. The van der Waals surface area contributed by atoms with Gasteiger partial charge in [0.15, 0.2) is 0 Å². The molecule has 3 atom stereocenters. The lowest BCUT2D eigenvalue weighted by atomic mass is 9.88. The lowest BCUT2D eigenvalue weighted by Crippen LogP contribution is -2.44. The van der Waals surface area contributed by atoms with E-state index in [9.17, 15) is 0 Å². The maximum Gasteiger partial charge on any atom is 0.122 e. The number of rotatable bonds is 5. The van der Waals surface area contributed by atoms with Gasteiger partial charge in [-0.1, -0.05) is 127 Å². The molecule has 59 heavy (non-hydrogen) atoms. The van der Waals surface area contributed by atoms with Gasteiger partial charge in [0.2, 0.25) is 0 Å². The number of hydrogen-bond acceptors (Lipinski definition) is 3. The predicted octanol–water partition coefficient (Wildman–Crippen LogP) is 13.7. The molecule has 0 bridgehead atoms. The van der Waals surface area contributed by atoms with Crippen LogP contribution < -0.4 is 15.1 Å². The van der Waals surface area contributed by atoms with Crippen molar-refractivity contribution in [2.24, 2.45) is 0 Å². The molecule has 4 heteroatoms. The molecule has 1 aromatic heterocycles. The number of hydrogen-bond donors (Lipinski definition) is 1. The topological polar surface area (TPSA) is 23.4 Å². The SMILES string of the molecule is C1=CCCC(C2Nc3ccc(N4C5=C(CCC=C5)c5c(n(C6=CCC(c7cccc8ccccc78)C=C6)c6ccccc56)C5=C4C=CCC5)cc3N2C2C=CC=CC2)=C1. The van der Waals surface area contributed by atoms with Gasteiger partial charge < -0.3 is 19.7 Å². The Morgan fingerprint density at radius 2 is 1.46 bits per heavy atom. The number of aromatic nitrogens is 1. The van der Waals surface area contributed by atoms with Gasteiger partial charge in [-0.05, 0) is 121 Å². The molecule has 0 amide bonds. The monoisotopic (exact) mass is 764 g/mol. The molecule has 0 radical (unpaired) electrons. The first-order valence-corrected chi connectivity index (χ1v) is 21.8. The second kappa shape index (κ2) is 14.1. The normalized spacial score (nSPS) is 22.9. The van der Waals surface area contributed by atoms with Gasteiger partial charge in [0.1, 0.15) is 6.17 Å². The zero-order chi connectivity index (χ0) is 38.9. The van der Waals surface area contributed by atoms with E-state index in [2.05, 4.69) is 190 Å². The molecule has 4 nitrogen and oxygen atoms in total. The van der Waals surface area contributed by atoms with E-state index >= 15 is 0 Å². The van der Waals surface area contributed by atoms with Crippen molar-refractivity contribution in [3.05, 3.63) is 204 Å². The van der Waals surface area contributed by atoms with Crippen molar-refractivity contribution in [2.75, 3.05) is 15.1 Å². The van der Waals surface area contributed by atoms with Crippen LogP contribution in [0, 0.1) is 0 Å². The summed E-state index contributed by atoms with van der Waals surface area (Å²) in [5, 5.41) is 7.99. The van der Waals surface area contributed by atoms with E-state index in [0.29, 0.717) is 5.92 Å². The van der Waals surface area contributed by atoms with Crippen molar-refractivity contribution >= 4 is 55.6 Å². The Morgan fingerprint density at radius 3 is 2.29 bits per heavy atom. The Balaban J connectivity index is 1.02. The fourth-order valence-electron chi connectivity index (χ4n) is 10.9. The van der Waals surface area contributed by atoms with E-state index in [0.717, 1.165) is 51.4 Å². The standard InChI is InChI=1S/C55H48N4/c1-3-17-39(18-4-1)55-56-48-35-34-42(36-52(48)59(55)40-20-5-2-6-21-40)57-49-27-12-9-23-45(49)53-46-24-10-13-28-50(46)58(54(53)47-25-11-14-29-51(47)57)41-32-30-38(31-33-41)44-26-15-19-37-16-7-8-22-43(37)44/h1-3,5-8,10,12-17,19-20,22,24,26-30,32-36,38,40,55-56H,4,9,11,18,21,23,25,31H2. The number of allylic oxidation sites excluding steroid dienone is 15. The summed E-state index contributed by atoms with van der Waals surface area (Å²) >= 11 is 0. The van der Waals surface area contributed by atoms with Crippen molar-refractivity contribution in [1.29, 1.82) is 0 Å². The van der Waals surface area contributed by atoms with Gasteiger partial charge in [-0.25, -0.2) is 0 Å². The van der Waals surface area contributed by atoms with E-state index in [1.807, 2.05) is 0 Å². The largest absolute Gasteiger partial charge is 0.360 e. The Bertz CT molecular complexity index is 2890. The molecule has 0 saturated heterocycles. The fraction of sp³-hybridized carbons (Fsp3) is 0.200. The van der Waals surface area contributed by atoms with Gasteiger partial charge in [0.25, 0.3) is 0 Å². The highest BCUT2D eigenvalue weighted by atomic mass is 15.3. The van der Waals surface area contributed by atoms with E-state index < -0.39 is 0 Å². The van der Waals surface area contributed by atoms with Gasteiger partial charge in [-0.3, -0.25) is 0 Å².